The van der Waals surface area contributed by atoms with Gasteiger partial charge < -0.3 is 129 Å². The molecule has 11 bridgehead atoms. The Balaban J connectivity index is 1.26. The minimum Gasteiger partial charge on any atom is -0.508 e. The molecule has 22 N–H and O–H groups in total. The number of fused-ring (bicyclic) bond motifs is 14. The van der Waals surface area contributed by atoms with Crippen LogP contribution in [0.3, 0.4) is 0 Å². The van der Waals surface area contributed by atoms with Crippen LogP contribution in [0.25, 0.3) is 11.1 Å². The van der Waals surface area contributed by atoms with E-state index in [2.05, 4.69) is 36.9 Å². The van der Waals surface area contributed by atoms with Crippen LogP contribution in [0, 0.1) is 5.92 Å². The van der Waals surface area contributed by atoms with E-state index in [1.807, 2.05) is 13.8 Å². The summed E-state index contributed by atoms with van der Waals surface area (Å²) < 4.78 is 38.5. The van der Waals surface area contributed by atoms with Crippen molar-refractivity contribution >= 4 is 70.4 Å². The number of hydrogen-bond acceptors (Lipinski definition) is 26. The van der Waals surface area contributed by atoms with Crippen molar-refractivity contribution in [2.45, 2.75) is 156 Å². The van der Waals surface area contributed by atoms with Gasteiger partial charge in [0.15, 0.2) is 36.0 Å². The van der Waals surface area contributed by atoms with Gasteiger partial charge in [0.1, 0.15) is 89.3 Å². The molecule has 2 saturated heterocycles. The average molecular weight is 1450 g/mol. The number of nitrogens with two attached hydrogens (primary N) is 3. The molecule has 7 heterocycles. The van der Waals surface area contributed by atoms with E-state index in [0.29, 0.717) is 0 Å². The van der Waals surface area contributed by atoms with Gasteiger partial charge in [0.2, 0.25) is 47.5 Å². The lowest BCUT2D eigenvalue weighted by Crippen LogP contribution is -2.64. The molecule has 7 aliphatic heterocycles. The number of ether oxygens (including phenoxy) is 6. The molecule has 5 aromatic carbocycles. The maximum absolute atomic E-state index is 15.4. The first kappa shape index (κ1) is 74.5. The van der Waals surface area contributed by atoms with E-state index in [-0.39, 0.29) is 57.5 Å². The van der Waals surface area contributed by atoms with Gasteiger partial charge in [0.25, 0.3) is 0 Å². The van der Waals surface area contributed by atoms with Crippen LogP contribution in [0.15, 0.2) is 83.9 Å². The summed E-state index contributed by atoms with van der Waals surface area (Å²) in [4.78, 5) is 106. The summed E-state index contributed by atoms with van der Waals surface area (Å²) in [5, 5.41) is 129. The number of amidine groups is 1. The smallest absolute Gasteiger partial charge is 0.330 e. The molecule has 101 heavy (non-hydrogen) atoms. The third kappa shape index (κ3) is 15.8. The van der Waals surface area contributed by atoms with Crippen molar-refractivity contribution < 1.29 is 113 Å². The number of nitrogens with one attached hydrogen (secondary N) is 6. The van der Waals surface area contributed by atoms with Crippen molar-refractivity contribution in [1.29, 1.82) is 0 Å². The van der Waals surface area contributed by atoms with E-state index < -0.39 is 226 Å². The van der Waals surface area contributed by atoms with Crippen LogP contribution in [0.5, 0.6) is 46.0 Å². The van der Waals surface area contributed by atoms with Crippen molar-refractivity contribution in [1.82, 2.24) is 31.9 Å². The van der Waals surface area contributed by atoms with Gasteiger partial charge in [0.05, 0.1) is 41.3 Å². The molecule has 12 rings (SSSR count). The molecule has 0 spiro atoms. The third-order valence-electron chi connectivity index (χ3n) is 17.8. The van der Waals surface area contributed by atoms with E-state index in [1.54, 1.807) is 0 Å². The number of aliphatic hydroxyl groups excluding tert-OH is 6. The first-order valence-electron chi connectivity index (χ1n) is 31.6. The molecule has 18 atom stereocenters. The summed E-state index contributed by atoms with van der Waals surface area (Å²) in [6.45, 7) is 5.72. The van der Waals surface area contributed by atoms with Gasteiger partial charge in [-0.25, -0.2) is 4.79 Å². The second kappa shape index (κ2) is 30.2. The molecular formula is C66H76Cl2N10O23. The van der Waals surface area contributed by atoms with Gasteiger partial charge in [0, 0.05) is 34.7 Å². The molecule has 0 unspecified atom stereocenters. The zero-order chi connectivity index (χ0) is 73.5. The molecule has 0 saturated carbocycles. The predicted molar refractivity (Wildman–Crippen MR) is 353 cm³/mol. The molecule has 35 heteroatoms. The summed E-state index contributed by atoms with van der Waals surface area (Å²) in [5.74, 6) is -14.7. The number of aliphatic hydroxyl groups is 6. The summed E-state index contributed by atoms with van der Waals surface area (Å²) in [6.07, 6.45) is -18.3. The van der Waals surface area contributed by atoms with Crippen LogP contribution in [0.1, 0.15) is 105 Å². The summed E-state index contributed by atoms with van der Waals surface area (Å²) in [7, 11) is 1.49. The number of phenols is 3. The average Bonchev–Trinajstić information content (AvgIpc) is 0.775. The highest BCUT2D eigenvalue weighted by atomic mass is 35.5. The lowest BCUT2D eigenvalue weighted by Gasteiger charge is -2.47. The summed E-state index contributed by atoms with van der Waals surface area (Å²) in [5.41, 5.74) is 15.6. The highest BCUT2D eigenvalue weighted by molar-refractivity contribution is 6.32. The zero-order valence-electron chi connectivity index (χ0n) is 54.4. The summed E-state index contributed by atoms with van der Waals surface area (Å²) in [6, 6.07) is 0.389. The van der Waals surface area contributed by atoms with Gasteiger partial charge in [-0.2, -0.15) is 0 Å². The number of aromatic hydroxyl groups is 3. The molecule has 0 radical (unpaired) electrons. The van der Waals surface area contributed by atoms with Crippen LogP contribution >= 0.6 is 23.2 Å². The first-order chi connectivity index (χ1) is 47.7. The first-order valence-corrected chi connectivity index (χ1v) is 32.4. The zero-order valence-corrected chi connectivity index (χ0v) is 56.0. The van der Waals surface area contributed by atoms with Crippen LogP contribution in [-0.2, 0) is 47.8 Å². The van der Waals surface area contributed by atoms with Crippen molar-refractivity contribution in [3.8, 4) is 57.1 Å². The summed E-state index contributed by atoms with van der Waals surface area (Å²) >= 11 is 14.2. The molecule has 0 aliphatic carbocycles. The van der Waals surface area contributed by atoms with Crippen LogP contribution in [0.4, 0.5) is 0 Å². The van der Waals surface area contributed by atoms with Crippen LogP contribution < -0.4 is 63.3 Å². The number of phenolic OH excluding ortho intramolecular Hbond substituents is 3. The third-order valence-corrected chi connectivity index (χ3v) is 18.4. The number of amides is 6. The number of halogens is 2. The number of carbonyl (C=O) groups excluding carboxylic acids is 6. The Bertz CT molecular complexity index is 4090. The monoisotopic (exact) mass is 1450 g/mol. The molecule has 0 aromatic heterocycles. The molecular weight excluding hydrogens is 1370 g/mol. The van der Waals surface area contributed by atoms with E-state index >= 15 is 9.59 Å². The molecule has 6 amide bonds. The fraction of sp³-hybridized carbons (Fsp3) is 0.424. The Kier molecular flexibility index (Phi) is 22.2. The highest BCUT2D eigenvalue weighted by Crippen LogP contribution is 2.50. The normalized spacial score (nSPS) is 29.4. The number of rotatable bonds is 13. The van der Waals surface area contributed by atoms with Crippen molar-refractivity contribution in [3.05, 3.63) is 117 Å². The second-order valence-electron chi connectivity index (χ2n) is 25.7. The maximum atomic E-state index is 15.4. The number of hydrogen-bond donors (Lipinski definition) is 19. The quantitative estimate of drug-likeness (QED) is 0.0756. The molecule has 2 fully saturated rings. The van der Waals surface area contributed by atoms with Crippen molar-refractivity contribution in [2.24, 2.45) is 28.1 Å². The Labute approximate surface area is 584 Å². The Morgan fingerprint density at radius 3 is 1.98 bits per heavy atom. The molecule has 542 valence electrons. The Morgan fingerprint density at radius 1 is 0.762 bits per heavy atom. The lowest BCUT2D eigenvalue weighted by atomic mass is 9.86. The number of carbonyl (C=O) groups is 7. The number of carboxylic acid groups (broad SMARTS) is 1. The second-order valence-corrected chi connectivity index (χ2v) is 26.5. The Hall–Kier alpha value is -9.20. The Morgan fingerprint density at radius 2 is 1.40 bits per heavy atom. The SMILES string of the molecule is CN[C@H](CC(C)C)C(=O)N[C@H]1C(=O)N[C@@H](CC(N)=O)C(=O)N[C@H]2C(N)=N[C@H]3C(=O)N[C@H](C(=O)N[C@H](C(=O)O)c4cc(O)cc(O)c4-c4cc3ccc4O)[C@H](O)c3ccc(c(Cl)c3)Oc3cc2cc(c3O[C@@H]2O[C@H](CO)[C@@H](O)[C@H](O)[C@H]2O[C@H]2C[C@](C)(N)[C@H](O)[C@H](C)O2)Oc2ccc(cc2Cl)[C@H]1O. The number of aliphatic imine (C=N–C) groups is 1. The minimum absolute atomic E-state index is 0.0848. The van der Waals surface area contributed by atoms with Gasteiger partial charge in [-0.05, 0) is 110 Å². The van der Waals surface area contributed by atoms with Gasteiger partial charge in [-0.15, -0.1) is 0 Å². The van der Waals surface area contributed by atoms with Crippen LogP contribution in [0.2, 0.25) is 10.0 Å². The van der Waals surface area contributed by atoms with Crippen molar-refractivity contribution in [3.63, 3.8) is 0 Å². The fourth-order valence-electron chi connectivity index (χ4n) is 12.5. The maximum Gasteiger partial charge on any atom is 0.330 e. The minimum atomic E-state index is -2.25. The highest BCUT2D eigenvalue weighted by Gasteiger charge is 2.51. The fourth-order valence-corrected chi connectivity index (χ4v) is 12.9. The molecule has 33 nitrogen and oxygen atoms in total. The standard InChI is InChI=1S/C66H76Cl2N10O23/c1-23(2)12-34(72-5)59(89)77-49-51(84)26-7-10-38(32(67)14-26)97-40-16-28-17-41(55(40)101-65-56(54(87)53(86)42(22-79)99-65)100-44-21-66(4,71)57(88)24(3)96-44)98-39-11-8-27(15-33(39)68)52(85)50-63(93)76-48(64(94)95)31-18-29(80)19-37(82)45(31)30-13-25(6-9-36(30)81)47(61(91)78-50)74-58(70)46(28)75-60(90)35(20-43(69)83)73-62(49)92/h6-11,13-19,23-24,34-35,42,44,46-54,56-57,65,72,79-82,84-88H,12,20-22,71H2,1-5H3,(H2,69,83)(H2,70,74)(H,73,92)(H,75,90)(H,76,93)(H,77,89)(H,78,91)(H,94,95)/t24-,34+,35-,42+,44-,46+,47+,48-,49+,50-,51+,52+,53+,54-,56+,57+,65-,66-/m0/s1. The van der Waals surface area contributed by atoms with Gasteiger partial charge in [-0.3, -0.25) is 33.8 Å². The van der Waals surface area contributed by atoms with E-state index in [9.17, 15) is 75.0 Å². The number of likely N-dealkylation sites (N-methyl/N-ethyl adjacent to an activating group) is 1. The van der Waals surface area contributed by atoms with E-state index in [4.69, 9.17) is 68.8 Å². The van der Waals surface area contributed by atoms with Crippen LogP contribution in [-0.4, -0.2) is 191 Å². The number of primary amides is 1. The number of nitrogens with zero attached hydrogens (tertiary/aromatic N) is 1. The van der Waals surface area contributed by atoms with E-state index in [0.717, 1.165) is 66.7 Å². The van der Waals surface area contributed by atoms with Gasteiger partial charge in [-0.1, -0.05) is 55.2 Å². The lowest BCUT2D eigenvalue weighted by molar-refractivity contribution is -0.333. The number of aliphatic carboxylic acids is 1. The van der Waals surface area contributed by atoms with E-state index in [1.165, 1.54) is 33.0 Å². The number of benzene rings is 5. The molecule has 7 aliphatic rings. The topological polar surface area (TPSA) is 540 Å². The predicted octanol–water partition coefficient (Wildman–Crippen LogP) is 0.347. The number of carboxylic acids is 1. The van der Waals surface area contributed by atoms with Crippen molar-refractivity contribution in [2.75, 3.05) is 13.7 Å². The largest absolute Gasteiger partial charge is 0.508 e. The molecule has 5 aromatic rings. The van der Waals surface area contributed by atoms with Gasteiger partial charge >= 0.3 is 5.97 Å².